The van der Waals surface area contributed by atoms with Gasteiger partial charge in [-0.15, -0.1) is 0 Å². The molecule has 2 saturated carbocycles. The third kappa shape index (κ3) is 2.78. The van der Waals surface area contributed by atoms with Gasteiger partial charge in [-0.25, -0.2) is 4.79 Å². The summed E-state index contributed by atoms with van der Waals surface area (Å²) in [4.78, 5) is 11.8. The molecular formula is C13H23NO4. The summed E-state index contributed by atoms with van der Waals surface area (Å²) in [6, 6.07) is -0.131. The molecule has 1 N–H and O–H groups in total. The minimum absolute atomic E-state index is 0.105. The van der Waals surface area contributed by atoms with Crippen LogP contribution in [-0.2, 0) is 14.2 Å². The fourth-order valence-corrected chi connectivity index (χ4v) is 2.68. The van der Waals surface area contributed by atoms with E-state index >= 15 is 0 Å². The quantitative estimate of drug-likeness (QED) is 0.784. The van der Waals surface area contributed by atoms with Crippen molar-refractivity contribution in [1.29, 1.82) is 0 Å². The van der Waals surface area contributed by atoms with E-state index in [1.807, 2.05) is 0 Å². The summed E-state index contributed by atoms with van der Waals surface area (Å²) < 4.78 is 16.3. The van der Waals surface area contributed by atoms with Crippen LogP contribution in [0.25, 0.3) is 0 Å². The van der Waals surface area contributed by atoms with Gasteiger partial charge >= 0.3 is 6.09 Å². The molecule has 104 valence electrons. The molecule has 1 amide bonds. The lowest BCUT2D eigenvalue weighted by Gasteiger charge is -2.41. The third-order valence-corrected chi connectivity index (χ3v) is 4.11. The zero-order valence-corrected chi connectivity index (χ0v) is 11.2. The van der Waals surface area contributed by atoms with Crippen molar-refractivity contribution in [3.8, 4) is 0 Å². The average molecular weight is 257 g/mol. The molecule has 1 atom stereocenters. The Kier molecular flexibility index (Phi) is 4.45. The lowest BCUT2D eigenvalue weighted by Crippen LogP contribution is -2.57. The fourth-order valence-electron chi connectivity index (χ4n) is 2.68. The van der Waals surface area contributed by atoms with Gasteiger partial charge in [0.2, 0.25) is 0 Å². The van der Waals surface area contributed by atoms with Gasteiger partial charge in [0, 0.05) is 20.6 Å². The van der Waals surface area contributed by atoms with Gasteiger partial charge in [-0.2, -0.15) is 0 Å². The predicted molar refractivity (Wildman–Crippen MR) is 66.3 cm³/mol. The summed E-state index contributed by atoms with van der Waals surface area (Å²) in [5.74, 6) is -0.698. The van der Waals surface area contributed by atoms with Crippen LogP contribution in [0.2, 0.25) is 0 Å². The first-order valence-corrected chi connectivity index (χ1v) is 6.77. The van der Waals surface area contributed by atoms with Crippen molar-refractivity contribution >= 4 is 6.09 Å². The Bertz CT molecular complexity index is 287. The molecule has 2 aliphatic carbocycles. The van der Waals surface area contributed by atoms with Crippen molar-refractivity contribution in [2.45, 2.75) is 62.9 Å². The van der Waals surface area contributed by atoms with E-state index in [2.05, 4.69) is 5.32 Å². The minimum atomic E-state index is -0.698. The highest BCUT2D eigenvalue weighted by atomic mass is 16.7. The molecule has 0 aliphatic heterocycles. The van der Waals surface area contributed by atoms with Gasteiger partial charge in [0.25, 0.3) is 0 Å². The maximum Gasteiger partial charge on any atom is 0.407 e. The lowest BCUT2D eigenvalue weighted by molar-refractivity contribution is -0.237. The van der Waals surface area contributed by atoms with Gasteiger partial charge in [-0.3, -0.25) is 0 Å². The van der Waals surface area contributed by atoms with Crippen LogP contribution in [-0.4, -0.2) is 38.2 Å². The molecule has 0 radical (unpaired) electrons. The first-order chi connectivity index (χ1) is 8.70. The second-order valence-corrected chi connectivity index (χ2v) is 5.12. The van der Waals surface area contributed by atoms with Gasteiger partial charge in [0.05, 0.1) is 6.04 Å². The van der Waals surface area contributed by atoms with E-state index in [1.165, 1.54) is 0 Å². The molecule has 2 aliphatic rings. The average Bonchev–Trinajstić information content (AvgIpc) is 2.35. The van der Waals surface area contributed by atoms with Crippen molar-refractivity contribution in [1.82, 2.24) is 5.32 Å². The standard InChI is InChI=1S/C13H23NO4/c1-16-13(17-2)9-4-3-8-11(13)14-12(15)18-10-6-5-7-10/h10-11H,3-9H2,1-2H3,(H,14,15). The van der Waals surface area contributed by atoms with E-state index in [-0.39, 0.29) is 18.2 Å². The van der Waals surface area contributed by atoms with Crippen LogP contribution in [0.3, 0.4) is 0 Å². The van der Waals surface area contributed by atoms with E-state index in [1.54, 1.807) is 14.2 Å². The van der Waals surface area contributed by atoms with Crippen LogP contribution >= 0.6 is 0 Å². The summed E-state index contributed by atoms with van der Waals surface area (Å²) in [7, 11) is 3.25. The van der Waals surface area contributed by atoms with E-state index in [0.29, 0.717) is 0 Å². The van der Waals surface area contributed by atoms with Crippen molar-refractivity contribution in [2.75, 3.05) is 14.2 Å². The molecule has 2 fully saturated rings. The van der Waals surface area contributed by atoms with Crippen LogP contribution in [0.5, 0.6) is 0 Å². The SMILES string of the molecule is COC1(OC)CCCCC1NC(=O)OC1CCC1. The minimum Gasteiger partial charge on any atom is -0.446 e. The topological polar surface area (TPSA) is 56.8 Å². The van der Waals surface area contributed by atoms with Crippen LogP contribution in [0.4, 0.5) is 4.79 Å². The highest BCUT2D eigenvalue weighted by Crippen LogP contribution is 2.32. The van der Waals surface area contributed by atoms with E-state index in [0.717, 1.165) is 44.9 Å². The van der Waals surface area contributed by atoms with Gasteiger partial charge in [-0.05, 0) is 32.1 Å². The highest BCUT2D eigenvalue weighted by molar-refractivity contribution is 5.68. The summed E-state index contributed by atoms with van der Waals surface area (Å²) in [6.45, 7) is 0. The molecule has 1 unspecified atom stereocenters. The third-order valence-electron chi connectivity index (χ3n) is 4.11. The summed E-state index contributed by atoms with van der Waals surface area (Å²) in [6.07, 6.45) is 6.67. The molecule has 0 aromatic carbocycles. The molecular weight excluding hydrogens is 234 g/mol. The second kappa shape index (κ2) is 5.89. The van der Waals surface area contributed by atoms with Gasteiger partial charge in [-0.1, -0.05) is 6.42 Å². The van der Waals surface area contributed by atoms with Crippen molar-refractivity contribution < 1.29 is 19.0 Å². The Labute approximate surface area is 108 Å². The molecule has 0 heterocycles. The second-order valence-electron chi connectivity index (χ2n) is 5.12. The number of nitrogens with one attached hydrogen (secondary N) is 1. The molecule has 5 heteroatoms. The summed E-state index contributed by atoms with van der Waals surface area (Å²) in [5, 5.41) is 2.90. The van der Waals surface area contributed by atoms with Crippen LogP contribution in [0.15, 0.2) is 0 Å². The van der Waals surface area contributed by atoms with Crippen LogP contribution in [0, 0.1) is 0 Å². The largest absolute Gasteiger partial charge is 0.446 e. The molecule has 0 spiro atoms. The molecule has 0 aromatic heterocycles. The Balaban J connectivity index is 1.89. The first-order valence-electron chi connectivity index (χ1n) is 6.77. The van der Waals surface area contributed by atoms with E-state index < -0.39 is 5.79 Å². The number of ether oxygens (including phenoxy) is 3. The molecule has 18 heavy (non-hydrogen) atoms. The smallest absolute Gasteiger partial charge is 0.407 e. The number of methoxy groups -OCH3 is 2. The predicted octanol–water partition coefficient (Wildman–Crippen LogP) is 2.20. The number of carbonyl (C=O) groups is 1. The Morgan fingerprint density at radius 1 is 1.11 bits per heavy atom. The Morgan fingerprint density at radius 3 is 2.39 bits per heavy atom. The van der Waals surface area contributed by atoms with Crippen molar-refractivity contribution in [3.63, 3.8) is 0 Å². The zero-order chi connectivity index (χ0) is 13.0. The molecule has 2 rings (SSSR count). The van der Waals surface area contributed by atoms with Gasteiger partial charge in [0.15, 0.2) is 5.79 Å². The summed E-state index contributed by atoms with van der Waals surface area (Å²) >= 11 is 0. The highest BCUT2D eigenvalue weighted by Gasteiger charge is 2.42. The maximum absolute atomic E-state index is 11.8. The number of hydrogen-bond acceptors (Lipinski definition) is 4. The first kappa shape index (κ1) is 13.6. The fraction of sp³-hybridized carbons (Fsp3) is 0.923. The number of alkyl carbamates (subject to hydrolysis) is 1. The molecule has 5 nitrogen and oxygen atoms in total. The van der Waals surface area contributed by atoms with Crippen molar-refractivity contribution in [2.24, 2.45) is 0 Å². The number of amides is 1. The normalized spacial score (nSPS) is 27.3. The van der Waals surface area contributed by atoms with E-state index in [9.17, 15) is 4.79 Å². The number of hydrogen-bond donors (Lipinski definition) is 1. The van der Waals surface area contributed by atoms with Gasteiger partial charge < -0.3 is 19.5 Å². The Hall–Kier alpha value is -0.810. The lowest BCUT2D eigenvalue weighted by atomic mass is 9.89. The molecule has 0 aromatic rings. The van der Waals surface area contributed by atoms with Gasteiger partial charge in [0.1, 0.15) is 6.10 Å². The molecule has 0 saturated heterocycles. The number of rotatable bonds is 4. The molecule has 0 bridgehead atoms. The monoisotopic (exact) mass is 257 g/mol. The van der Waals surface area contributed by atoms with Crippen LogP contribution < -0.4 is 5.32 Å². The Morgan fingerprint density at radius 2 is 1.83 bits per heavy atom. The van der Waals surface area contributed by atoms with Crippen LogP contribution in [0.1, 0.15) is 44.9 Å². The maximum atomic E-state index is 11.8. The number of carbonyl (C=O) groups excluding carboxylic acids is 1. The zero-order valence-electron chi connectivity index (χ0n) is 11.2. The van der Waals surface area contributed by atoms with Crippen molar-refractivity contribution in [3.05, 3.63) is 0 Å². The summed E-state index contributed by atoms with van der Waals surface area (Å²) in [5.41, 5.74) is 0. The van der Waals surface area contributed by atoms with E-state index in [4.69, 9.17) is 14.2 Å².